The maximum Gasteiger partial charge on any atom is 0.237 e. The Labute approximate surface area is 105 Å². The van der Waals surface area contributed by atoms with Gasteiger partial charge in [-0.15, -0.1) is 0 Å². The van der Waals surface area contributed by atoms with Gasteiger partial charge in [-0.05, 0) is 26.2 Å². The number of hydrogen-bond acceptors (Lipinski definition) is 3. The molecule has 0 aromatic rings. The second kappa shape index (κ2) is 6.97. The van der Waals surface area contributed by atoms with Gasteiger partial charge in [0.1, 0.15) is 0 Å². The maximum absolute atomic E-state index is 12.1. The standard InChI is InChI=1S/C13H27N3O/c1-10(2)9-11(3)15-13(17)12(4)16-7-5-14-6-8-16/h10-12,14H,5-9H2,1-4H3,(H,15,17). The van der Waals surface area contributed by atoms with E-state index < -0.39 is 0 Å². The minimum absolute atomic E-state index is 0.00767. The Morgan fingerprint density at radius 3 is 2.35 bits per heavy atom. The number of amides is 1. The van der Waals surface area contributed by atoms with Gasteiger partial charge >= 0.3 is 0 Å². The Morgan fingerprint density at radius 1 is 1.24 bits per heavy atom. The molecule has 1 rings (SSSR count). The molecule has 4 heteroatoms. The van der Waals surface area contributed by atoms with Crippen LogP contribution in [0.1, 0.15) is 34.1 Å². The molecular formula is C13H27N3O. The molecule has 1 heterocycles. The summed E-state index contributed by atoms with van der Waals surface area (Å²) in [5, 5.41) is 6.41. The van der Waals surface area contributed by atoms with Crippen LogP contribution in [0.4, 0.5) is 0 Å². The van der Waals surface area contributed by atoms with Crippen molar-refractivity contribution in [2.45, 2.75) is 46.2 Å². The van der Waals surface area contributed by atoms with Crippen molar-refractivity contribution >= 4 is 5.91 Å². The van der Waals surface area contributed by atoms with Crippen LogP contribution >= 0.6 is 0 Å². The van der Waals surface area contributed by atoms with E-state index >= 15 is 0 Å². The number of piperazine rings is 1. The third-order valence-electron chi connectivity index (χ3n) is 3.29. The van der Waals surface area contributed by atoms with Crippen molar-refractivity contribution in [2.24, 2.45) is 5.92 Å². The summed E-state index contributed by atoms with van der Waals surface area (Å²) >= 11 is 0. The van der Waals surface area contributed by atoms with Gasteiger partial charge in [0.25, 0.3) is 0 Å². The van der Waals surface area contributed by atoms with Gasteiger partial charge in [0.15, 0.2) is 0 Å². The Kier molecular flexibility index (Phi) is 5.92. The molecular weight excluding hydrogens is 214 g/mol. The first-order chi connectivity index (χ1) is 8.00. The topological polar surface area (TPSA) is 44.4 Å². The number of nitrogens with zero attached hydrogens (tertiary/aromatic N) is 1. The first-order valence-corrected chi connectivity index (χ1v) is 6.76. The number of carbonyl (C=O) groups excluding carboxylic acids is 1. The predicted molar refractivity (Wildman–Crippen MR) is 71.0 cm³/mol. The quantitative estimate of drug-likeness (QED) is 0.749. The molecule has 0 bridgehead atoms. The average Bonchev–Trinajstić information content (AvgIpc) is 2.28. The van der Waals surface area contributed by atoms with Crippen LogP contribution in [0.3, 0.4) is 0 Å². The fraction of sp³-hybridized carbons (Fsp3) is 0.923. The Morgan fingerprint density at radius 2 is 1.82 bits per heavy atom. The molecule has 1 saturated heterocycles. The molecule has 0 saturated carbocycles. The van der Waals surface area contributed by atoms with E-state index in [-0.39, 0.29) is 18.0 Å². The van der Waals surface area contributed by atoms with Crippen LogP contribution in [0.15, 0.2) is 0 Å². The van der Waals surface area contributed by atoms with E-state index in [1.54, 1.807) is 0 Å². The second-order valence-corrected chi connectivity index (χ2v) is 5.50. The average molecular weight is 241 g/mol. The first-order valence-electron chi connectivity index (χ1n) is 6.76. The molecule has 0 aromatic heterocycles. The summed E-state index contributed by atoms with van der Waals surface area (Å²) < 4.78 is 0. The zero-order valence-electron chi connectivity index (χ0n) is 11.6. The van der Waals surface area contributed by atoms with Crippen LogP contribution < -0.4 is 10.6 Å². The molecule has 1 fully saturated rings. The SMILES string of the molecule is CC(C)CC(C)NC(=O)C(C)N1CCNCC1. The van der Waals surface area contributed by atoms with Crippen LogP contribution in [0.25, 0.3) is 0 Å². The van der Waals surface area contributed by atoms with Gasteiger partial charge in [-0.2, -0.15) is 0 Å². The molecule has 2 N–H and O–H groups in total. The summed E-state index contributed by atoms with van der Waals surface area (Å²) in [7, 11) is 0. The predicted octanol–water partition coefficient (Wildman–Crippen LogP) is 0.831. The first kappa shape index (κ1) is 14.5. The molecule has 2 atom stereocenters. The van der Waals surface area contributed by atoms with Crippen molar-refractivity contribution in [3.05, 3.63) is 0 Å². The summed E-state index contributed by atoms with van der Waals surface area (Å²) in [6.45, 7) is 12.4. The zero-order chi connectivity index (χ0) is 12.8. The largest absolute Gasteiger partial charge is 0.352 e. The summed E-state index contributed by atoms with van der Waals surface area (Å²) in [6, 6.07) is 0.263. The van der Waals surface area contributed by atoms with E-state index in [0.717, 1.165) is 32.6 Å². The Hall–Kier alpha value is -0.610. The van der Waals surface area contributed by atoms with Gasteiger partial charge in [-0.1, -0.05) is 13.8 Å². The smallest absolute Gasteiger partial charge is 0.237 e. The summed E-state index contributed by atoms with van der Waals surface area (Å²) in [4.78, 5) is 14.3. The van der Waals surface area contributed by atoms with E-state index in [0.29, 0.717) is 5.92 Å². The fourth-order valence-corrected chi connectivity index (χ4v) is 2.36. The monoisotopic (exact) mass is 241 g/mol. The normalized spacial score (nSPS) is 21.2. The van der Waals surface area contributed by atoms with E-state index in [1.165, 1.54) is 0 Å². The lowest BCUT2D eigenvalue weighted by molar-refractivity contribution is -0.126. The van der Waals surface area contributed by atoms with Gasteiger partial charge in [-0.3, -0.25) is 9.69 Å². The molecule has 100 valence electrons. The summed E-state index contributed by atoms with van der Waals surface area (Å²) in [6.07, 6.45) is 1.04. The number of carbonyl (C=O) groups is 1. The lowest BCUT2D eigenvalue weighted by Gasteiger charge is -2.32. The summed E-state index contributed by atoms with van der Waals surface area (Å²) in [5.41, 5.74) is 0. The Balaban J connectivity index is 2.35. The molecule has 1 aliphatic rings. The maximum atomic E-state index is 12.1. The fourth-order valence-electron chi connectivity index (χ4n) is 2.36. The highest BCUT2D eigenvalue weighted by Gasteiger charge is 2.23. The van der Waals surface area contributed by atoms with E-state index in [4.69, 9.17) is 0 Å². The summed E-state index contributed by atoms with van der Waals surface area (Å²) in [5.74, 6) is 0.792. The van der Waals surface area contributed by atoms with Gasteiger partial charge in [0, 0.05) is 32.2 Å². The highest BCUT2D eigenvalue weighted by Crippen LogP contribution is 2.06. The molecule has 0 radical (unpaired) electrons. The Bertz CT molecular complexity index is 237. The highest BCUT2D eigenvalue weighted by atomic mass is 16.2. The number of hydrogen-bond donors (Lipinski definition) is 2. The third-order valence-corrected chi connectivity index (χ3v) is 3.29. The molecule has 4 nitrogen and oxygen atoms in total. The van der Waals surface area contributed by atoms with Crippen molar-refractivity contribution in [1.29, 1.82) is 0 Å². The molecule has 17 heavy (non-hydrogen) atoms. The van der Waals surface area contributed by atoms with Crippen molar-refractivity contribution in [3.8, 4) is 0 Å². The van der Waals surface area contributed by atoms with Crippen LogP contribution in [0.2, 0.25) is 0 Å². The highest BCUT2D eigenvalue weighted by molar-refractivity contribution is 5.81. The minimum Gasteiger partial charge on any atom is -0.352 e. The van der Waals surface area contributed by atoms with Gasteiger partial charge in [0.05, 0.1) is 6.04 Å². The molecule has 2 unspecified atom stereocenters. The van der Waals surface area contributed by atoms with Gasteiger partial charge < -0.3 is 10.6 Å². The molecule has 0 spiro atoms. The van der Waals surface area contributed by atoms with Crippen molar-refractivity contribution in [3.63, 3.8) is 0 Å². The van der Waals surface area contributed by atoms with Gasteiger partial charge in [0.2, 0.25) is 5.91 Å². The lowest BCUT2D eigenvalue weighted by atomic mass is 10.0. The minimum atomic E-state index is -0.00767. The van der Waals surface area contributed by atoms with Crippen LogP contribution in [-0.4, -0.2) is 49.1 Å². The van der Waals surface area contributed by atoms with Gasteiger partial charge in [-0.25, -0.2) is 0 Å². The molecule has 1 amide bonds. The van der Waals surface area contributed by atoms with Crippen molar-refractivity contribution in [2.75, 3.05) is 26.2 Å². The van der Waals surface area contributed by atoms with E-state index in [9.17, 15) is 4.79 Å². The lowest BCUT2D eigenvalue weighted by Crippen LogP contribution is -2.53. The third kappa shape index (κ3) is 5.04. The molecule has 0 aliphatic carbocycles. The van der Waals surface area contributed by atoms with Crippen LogP contribution in [0.5, 0.6) is 0 Å². The van der Waals surface area contributed by atoms with Crippen LogP contribution in [0, 0.1) is 5.92 Å². The zero-order valence-corrected chi connectivity index (χ0v) is 11.6. The van der Waals surface area contributed by atoms with E-state index in [2.05, 4.69) is 36.3 Å². The molecule has 1 aliphatic heterocycles. The molecule has 0 aromatic carbocycles. The van der Waals surface area contributed by atoms with Crippen molar-refractivity contribution < 1.29 is 4.79 Å². The van der Waals surface area contributed by atoms with Crippen LogP contribution in [-0.2, 0) is 4.79 Å². The van der Waals surface area contributed by atoms with E-state index in [1.807, 2.05) is 6.92 Å². The number of nitrogens with one attached hydrogen (secondary N) is 2. The number of rotatable bonds is 5. The second-order valence-electron chi connectivity index (χ2n) is 5.50. The van der Waals surface area contributed by atoms with Crippen molar-refractivity contribution in [1.82, 2.24) is 15.5 Å².